The molecule has 1 aromatic heterocycles. The van der Waals surface area contributed by atoms with Gasteiger partial charge in [0.1, 0.15) is 0 Å². The van der Waals surface area contributed by atoms with Gasteiger partial charge in [-0.1, -0.05) is 30.3 Å². The Hall–Kier alpha value is -1.57. The van der Waals surface area contributed by atoms with Crippen LogP contribution in [0.5, 0.6) is 0 Å². The first-order valence-electron chi connectivity index (χ1n) is 8.82. The number of nitrogens with zero attached hydrogens (tertiary/aromatic N) is 4. The second kappa shape index (κ2) is 10.4. The average Bonchev–Trinajstić information content (AvgIpc) is 3.28. The smallest absolute Gasteiger partial charge is 0.193 e. The van der Waals surface area contributed by atoms with Crippen molar-refractivity contribution in [1.82, 2.24) is 20.0 Å². The van der Waals surface area contributed by atoms with Crippen LogP contribution in [0.2, 0.25) is 0 Å². The highest BCUT2D eigenvalue weighted by Gasteiger charge is 2.24. The van der Waals surface area contributed by atoms with E-state index in [-0.39, 0.29) is 24.0 Å². The van der Waals surface area contributed by atoms with Crippen LogP contribution < -0.4 is 5.32 Å². The molecule has 2 heterocycles. The van der Waals surface area contributed by atoms with Gasteiger partial charge in [0, 0.05) is 45.6 Å². The zero-order valence-corrected chi connectivity index (χ0v) is 17.2. The molecule has 136 valence electrons. The molecule has 1 aliphatic rings. The van der Waals surface area contributed by atoms with E-state index in [1.54, 1.807) is 0 Å². The molecule has 1 aromatic carbocycles. The van der Waals surface area contributed by atoms with Gasteiger partial charge in [0.2, 0.25) is 0 Å². The molecule has 5 nitrogen and oxygen atoms in total. The van der Waals surface area contributed by atoms with Gasteiger partial charge in [-0.2, -0.15) is 5.10 Å². The summed E-state index contributed by atoms with van der Waals surface area (Å²) in [6, 6.07) is 12.8. The van der Waals surface area contributed by atoms with Crippen LogP contribution in [-0.4, -0.2) is 47.3 Å². The Bertz CT molecular complexity index is 627. The van der Waals surface area contributed by atoms with Crippen molar-refractivity contribution in [2.75, 3.05) is 26.7 Å². The largest absolute Gasteiger partial charge is 0.356 e. The van der Waals surface area contributed by atoms with Crippen molar-refractivity contribution in [2.45, 2.75) is 25.8 Å². The van der Waals surface area contributed by atoms with Crippen LogP contribution in [0.3, 0.4) is 0 Å². The van der Waals surface area contributed by atoms with E-state index in [1.165, 1.54) is 12.0 Å². The summed E-state index contributed by atoms with van der Waals surface area (Å²) in [7, 11) is 1.88. The molecule has 1 unspecified atom stereocenters. The number of guanidine groups is 1. The van der Waals surface area contributed by atoms with Crippen molar-refractivity contribution in [2.24, 2.45) is 10.9 Å². The van der Waals surface area contributed by atoms with Gasteiger partial charge in [-0.15, -0.1) is 24.0 Å². The number of likely N-dealkylation sites (tertiary alicyclic amines) is 1. The zero-order chi connectivity index (χ0) is 16.6. The molecule has 0 saturated carbocycles. The minimum atomic E-state index is 0. The lowest BCUT2D eigenvalue weighted by molar-refractivity contribution is 0.456. The molecular formula is C19H28IN5. The molecule has 0 aliphatic carbocycles. The Kier molecular flexibility index (Phi) is 8.24. The van der Waals surface area contributed by atoms with E-state index in [9.17, 15) is 0 Å². The maximum absolute atomic E-state index is 4.46. The van der Waals surface area contributed by atoms with E-state index in [0.29, 0.717) is 0 Å². The van der Waals surface area contributed by atoms with Crippen molar-refractivity contribution in [3.8, 4) is 0 Å². The number of hydrogen-bond acceptors (Lipinski definition) is 2. The lowest BCUT2D eigenvalue weighted by atomic mass is 9.99. The summed E-state index contributed by atoms with van der Waals surface area (Å²) in [4.78, 5) is 6.85. The maximum Gasteiger partial charge on any atom is 0.193 e. The summed E-state index contributed by atoms with van der Waals surface area (Å²) >= 11 is 0. The van der Waals surface area contributed by atoms with E-state index in [4.69, 9.17) is 0 Å². The molecular weight excluding hydrogens is 425 g/mol. The van der Waals surface area contributed by atoms with E-state index in [1.807, 2.05) is 30.2 Å². The molecule has 1 N–H and O–H groups in total. The van der Waals surface area contributed by atoms with Crippen LogP contribution in [0.25, 0.3) is 0 Å². The standard InChI is InChI=1S/C19H27N5.HI/c1-20-19(21-10-5-12-24-13-6-11-22-24)23-14-9-18(16-23)15-17-7-3-2-4-8-17;/h2-4,6-8,11,13,18H,5,9-10,12,14-16H2,1H3,(H,20,21);1H. The fourth-order valence-electron chi connectivity index (χ4n) is 3.35. The van der Waals surface area contributed by atoms with Crippen LogP contribution in [-0.2, 0) is 13.0 Å². The summed E-state index contributed by atoms with van der Waals surface area (Å²) in [5.74, 6) is 1.75. The van der Waals surface area contributed by atoms with E-state index >= 15 is 0 Å². The fraction of sp³-hybridized carbons (Fsp3) is 0.474. The Balaban J connectivity index is 0.00000225. The van der Waals surface area contributed by atoms with Crippen LogP contribution in [0.15, 0.2) is 53.8 Å². The first-order valence-corrected chi connectivity index (χ1v) is 8.82. The summed E-state index contributed by atoms with van der Waals surface area (Å²) in [5.41, 5.74) is 1.44. The Morgan fingerprint density at radius 2 is 2.12 bits per heavy atom. The normalized spacial score (nSPS) is 17.4. The van der Waals surface area contributed by atoms with Crippen LogP contribution in [0.1, 0.15) is 18.4 Å². The molecule has 25 heavy (non-hydrogen) atoms. The number of nitrogens with one attached hydrogen (secondary N) is 1. The lowest BCUT2D eigenvalue weighted by Crippen LogP contribution is -2.40. The molecule has 3 rings (SSSR count). The number of rotatable bonds is 6. The third-order valence-electron chi connectivity index (χ3n) is 4.57. The Morgan fingerprint density at radius 1 is 1.28 bits per heavy atom. The van der Waals surface area contributed by atoms with Crippen molar-refractivity contribution < 1.29 is 0 Å². The molecule has 0 spiro atoms. The van der Waals surface area contributed by atoms with Gasteiger partial charge >= 0.3 is 0 Å². The number of hydrogen-bond donors (Lipinski definition) is 1. The number of benzene rings is 1. The third-order valence-corrected chi connectivity index (χ3v) is 4.57. The number of aryl methyl sites for hydroxylation is 1. The first kappa shape index (κ1) is 19.8. The SMILES string of the molecule is CN=C(NCCCn1cccn1)N1CCC(Cc2ccccc2)C1.I. The van der Waals surface area contributed by atoms with Crippen molar-refractivity contribution in [3.63, 3.8) is 0 Å². The van der Waals surface area contributed by atoms with E-state index < -0.39 is 0 Å². The lowest BCUT2D eigenvalue weighted by Gasteiger charge is -2.21. The predicted molar refractivity (Wildman–Crippen MR) is 113 cm³/mol. The Labute approximate surface area is 167 Å². The van der Waals surface area contributed by atoms with Gasteiger partial charge in [0.25, 0.3) is 0 Å². The number of aliphatic imine (C=N–C) groups is 1. The predicted octanol–water partition coefficient (Wildman–Crippen LogP) is 3.03. The first-order chi connectivity index (χ1) is 11.8. The second-order valence-corrected chi connectivity index (χ2v) is 6.39. The molecule has 1 aliphatic heterocycles. The average molecular weight is 453 g/mol. The van der Waals surface area contributed by atoms with E-state index in [2.05, 4.69) is 50.6 Å². The minimum absolute atomic E-state index is 0. The molecule has 2 aromatic rings. The molecule has 1 atom stereocenters. The van der Waals surface area contributed by atoms with Crippen LogP contribution in [0.4, 0.5) is 0 Å². The van der Waals surface area contributed by atoms with Gasteiger partial charge in [-0.05, 0) is 36.8 Å². The highest BCUT2D eigenvalue weighted by Crippen LogP contribution is 2.20. The van der Waals surface area contributed by atoms with Gasteiger partial charge in [0.15, 0.2) is 5.96 Å². The van der Waals surface area contributed by atoms with Crippen LogP contribution in [0, 0.1) is 5.92 Å². The highest BCUT2D eigenvalue weighted by molar-refractivity contribution is 14.0. The fourth-order valence-corrected chi connectivity index (χ4v) is 3.35. The molecule has 0 amide bonds. The molecule has 1 saturated heterocycles. The topological polar surface area (TPSA) is 45.5 Å². The Morgan fingerprint density at radius 3 is 2.84 bits per heavy atom. The van der Waals surface area contributed by atoms with Crippen molar-refractivity contribution >= 4 is 29.9 Å². The summed E-state index contributed by atoms with van der Waals surface area (Å²) < 4.78 is 1.97. The maximum atomic E-state index is 4.46. The summed E-state index contributed by atoms with van der Waals surface area (Å²) in [5, 5.41) is 7.72. The third kappa shape index (κ3) is 6.02. The van der Waals surface area contributed by atoms with Gasteiger partial charge < -0.3 is 10.2 Å². The number of aromatic nitrogens is 2. The zero-order valence-electron chi connectivity index (χ0n) is 14.8. The summed E-state index contributed by atoms with van der Waals surface area (Å²) in [6.45, 7) is 4.05. The molecule has 0 radical (unpaired) electrons. The van der Waals surface area contributed by atoms with Crippen molar-refractivity contribution in [3.05, 3.63) is 54.4 Å². The summed E-state index contributed by atoms with van der Waals surface area (Å²) in [6.07, 6.45) is 7.27. The van der Waals surface area contributed by atoms with Crippen LogP contribution >= 0.6 is 24.0 Å². The van der Waals surface area contributed by atoms with Crippen molar-refractivity contribution in [1.29, 1.82) is 0 Å². The van der Waals surface area contributed by atoms with E-state index in [0.717, 1.165) is 50.9 Å². The molecule has 0 bridgehead atoms. The minimum Gasteiger partial charge on any atom is -0.356 e. The second-order valence-electron chi connectivity index (χ2n) is 6.39. The quantitative estimate of drug-likeness (QED) is 0.317. The molecule has 6 heteroatoms. The molecule has 1 fully saturated rings. The van der Waals surface area contributed by atoms with Gasteiger partial charge in [-0.25, -0.2) is 0 Å². The monoisotopic (exact) mass is 453 g/mol. The van der Waals surface area contributed by atoms with Gasteiger partial charge in [0.05, 0.1) is 0 Å². The highest BCUT2D eigenvalue weighted by atomic mass is 127. The number of halogens is 1. The van der Waals surface area contributed by atoms with Gasteiger partial charge in [-0.3, -0.25) is 9.67 Å².